The van der Waals surface area contributed by atoms with Gasteiger partial charge in [-0.3, -0.25) is 0 Å². The maximum Gasteiger partial charge on any atom is 0.217 e. The minimum Gasteiger partial charge on any atom is -0.237 e. The largest absolute Gasteiger partial charge is 0.237 e. The predicted octanol–water partition coefficient (Wildman–Crippen LogP) is 2.19. The van der Waals surface area contributed by atoms with Crippen LogP contribution in [0.4, 0.5) is 4.39 Å². The van der Waals surface area contributed by atoms with Gasteiger partial charge in [0.1, 0.15) is 0 Å². The van der Waals surface area contributed by atoms with E-state index in [-0.39, 0.29) is 0 Å². The third-order valence-corrected chi connectivity index (χ3v) is 5.47. The normalized spacial score (nSPS) is 14.0. The van der Waals surface area contributed by atoms with Gasteiger partial charge in [0, 0.05) is 12.2 Å². The minimum absolute atomic E-state index is 0.417. The van der Waals surface area contributed by atoms with Crippen molar-refractivity contribution >= 4 is 10.0 Å². The highest BCUT2D eigenvalue weighted by atomic mass is 32.2. The number of hydrogen-bond donors (Lipinski definition) is 1. The van der Waals surface area contributed by atoms with Crippen molar-refractivity contribution in [3.8, 4) is 5.82 Å². The van der Waals surface area contributed by atoms with Gasteiger partial charge in [-0.1, -0.05) is 6.07 Å². The SMILES string of the molecule is C[C@H](NS(=O)(=O)C(C)(C)C)c1ccc(-n2cc(F)cn2)nc1. The maximum absolute atomic E-state index is 12.9. The van der Waals surface area contributed by atoms with Crippen LogP contribution in [0.15, 0.2) is 30.7 Å². The second kappa shape index (κ2) is 5.77. The molecule has 2 aromatic rings. The number of aromatic nitrogens is 3. The van der Waals surface area contributed by atoms with Crippen molar-refractivity contribution in [2.24, 2.45) is 0 Å². The molecule has 22 heavy (non-hydrogen) atoms. The highest BCUT2D eigenvalue weighted by Crippen LogP contribution is 2.19. The van der Waals surface area contributed by atoms with Crippen LogP contribution >= 0.6 is 0 Å². The van der Waals surface area contributed by atoms with E-state index >= 15 is 0 Å². The van der Waals surface area contributed by atoms with E-state index in [1.54, 1.807) is 46.0 Å². The molecule has 2 heterocycles. The molecule has 0 unspecified atom stereocenters. The molecule has 1 N–H and O–H groups in total. The van der Waals surface area contributed by atoms with Gasteiger partial charge in [-0.15, -0.1) is 0 Å². The summed E-state index contributed by atoms with van der Waals surface area (Å²) in [5.41, 5.74) is 0.712. The Morgan fingerprint density at radius 2 is 1.95 bits per heavy atom. The Bertz CT molecular complexity index is 748. The van der Waals surface area contributed by atoms with Gasteiger partial charge in [0.15, 0.2) is 11.6 Å². The Labute approximate surface area is 129 Å². The first-order valence-corrected chi connectivity index (χ1v) is 8.27. The molecule has 2 rings (SSSR count). The molecule has 0 aliphatic carbocycles. The smallest absolute Gasteiger partial charge is 0.217 e. The van der Waals surface area contributed by atoms with Crippen molar-refractivity contribution in [1.82, 2.24) is 19.5 Å². The van der Waals surface area contributed by atoms with E-state index in [1.807, 2.05) is 0 Å². The van der Waals surface area contributed by atoms with E-state index in [0.29, 0.717) is 11.4 Å². The summed E-state index contributed by atoms with van der Waals surface area (Å²) in [6.45, 7) is 6.65. The van der Waals surface area contributed by atoms with E-state index in [0.717, 1.165) is 6.20 Å². The molecule has 0 fully saturated rings. The van der Waals surface area contributed by atoms with Gasteiger partial charge in [-0.05, 0) is 39.3 Å². The molecule has 0 spiro atoms. The van der Waals surface area contributed by atoms with Gasteiger partial charge in [0.2, 0.25) is 10.0 Å². The molecular weight excluding hydrogens is 307 g/mol. The second-order valence-corrected chi connectivity index (χ2v) is 8.48. The number of hydrogen-bond acceptors (Lipinski definition) is 4. The molecule has 0 aliphatic heterocycles. The molecule has 0 aromatic carbocycles. The molecule has 0 saturated heterocycles. The lowest BCUT2D eigenvalue weighted by molar-refractivity contribution is 0.531. The third-order valence-electron chi connectivity index (χ3n) is 3.19. The predicted molar refractivity (Wildman–Crippen MR) is 81.5 cm³/mol. The van der Waals surface area contributed by atoms with Crippen LogP contribution in [0.25, 0.3) is 5.82 Å². The Balaban J connectivity index is 2.17. The molecule has 120 valence electrons. The fraction of sp³-hybridized carbons (Fsp3) is 0.429. The first-order valence-electron chi connectivity index (χ1n) is 6.78. The van der Waals surface area contributed by atoms with Gasteiger partial charge in [-0.25, -0.2) is 27.2 Å². The molecule has 6 nitrogen and oxygen atoms in total. The van der Waals surface area contributed by atoms with E-state index < -0.39 is 26.6 Å². The quantitative estimate of drug-likeness (QED) is 0.934. The summed E-state index contributed by atoms with van der Waals surface area (Å²) in [6.07, 6.45) is 3.86. The van der Waals surface area contributed by atoms with Crippen molar-refractivity contribution in [1.29, 1.82) is 0 Å². The summed E-state index contributed by atoms with van der Waals surface area (Å²) >= 11 is 0. The van der Waals surface area contributed by atoms with Crippen LogP contribution in [0.3, 0.4) is 0 Å². The number of pyridine rings is 1. The molecule has 0 amide bonds. The lowest BCUT2D eigenvalue weighted by Gasteiger charge is -2.23. The Morgan fingerprint density at radius 1 is 1.27 bits per heavy atom. The van der Waals surface area contributed by atoms with Gasteiger partial charge in [0.05, 0.1) is 17.1 Å². The lowest BCUT2D eigenvalue weighted by atomic mass is 10.1. The molecule has 1 atom stereocenters. The van der Waals surface area contributed by atoms with Crippen LogP contribution in [0, 0.1) is 5.82 Å². The topological polar surface area (TPSA) is 76.9 Å². The van der Waals surface area contributed by atoms with Crippen LogP contribution in [0.2, 0.25) is 0 Å². The summed E-state index contributed by atoms with van der Waals surface area (Å²) in [7, 11) is -3.45. The first kappa shape index (κ1) is 16.6. The fourth-order valence-corrected chi connectivity index (χ4v) is 2.65. The highest BCUT2D eigenvalue weighted by Gasteiger charge is 2.30. The first-order chi connectivity index (χ1) is 10.1. The summed E-state index contributed by atoms with van der Waals surface area (Å²) < 4.78 is 40.3. The number of nitrogens with zero attached hydrogens (tertiary/aromatic N) is 3. The molecule has 0 bridgehead atoms. The highest BCUT2D eigenvalue weighted by molar-refractivity contribution is 7.90. The Morgan fingerprint density at radius 3 is 2.41 bits per heavy atom. The van der Waals surface area contributed by atoms with Crippen LogP contribution in [-0.4, -0.2) is 27.9 Å². The summed E-state index contributed by atoms with van der Waals surface area (Å²) in [5.74, 6) is 0.00992. The molecule has 0 radical (unpaired) electrons. The summed E-state index contributed by atoms with van der Waals surface area (Å²) in [6, 6.07) is 2.97. The monoisotopic (exact) mass is 326 g/mol. The van der Waals surface area contributed by atoms with E-state index in [4.69, 9.17) is 0 Å². The van der Waals surface area contributed by atoms with Crippen molar-refractivity contribution < 1.29 is 12.8 Å². The average Bonchev–Trinajstić information content (AvgIpc) is 2.84. The average molecular weight is 326 g/mol. The second-order valence-electron chi connectivity index (χ2n) is 6.01. The van der Waals surface area contributed by atoms with Gasteiger partial charge < -0.3 is 0 Å². The molecule has 2 aromatic heterocycles. The standard InChI is InChI=1S/C14H19FN4O2S/c1-10(18-22(20,21)14(2,3)4)11-5-6-13(16-7-11)19-9-12(15)8-17-19/h5-10,18H,1-4H3/t10-/m0/s1. The summed E-state index contributed by atoms with van der Waals surface area (Å²) in [4.78, 5) is 4.17. The molecule has 8 heteroatoms. The number of nitrogens with one attached hydrogen (secondary N) is 1. The van der Waals surface area contributed by atoms with Crippen LogP contribution in [0.5, 0.6) is 0 Å². The number of sulfonamides is 1. The molecule has 0 aliphatic rings. The molecule has 0 saturated carbocycles. The number of rotatable bonds is 4. The lowest BCUT2D eigenvalue weighted by Crippen LogP contribution is -2.40. The zero-order chi connectivity index (χ0) is 16.5. The van der Waals surface area contributed by atoms with Crippen LogP contribution in [0.1, 0.15) is 39.3 Å². The minimum atomic E-state index is -3.45. The third kappa shape index (κ3) is 3.50. The van der Waals surface area contributed by atoms with Gasteiger partial charge in [-0.2, -0.15) is 5.10 Å². The summed E-state index contributed by atoms with van der Waals surface area (Å²) in [5, 5.41) is 3.82. The van der Waals surface area contributed by atoms with Crippen molar-refractivity contribution in [3.05, 3.63) is 42.1 Å². The van der Waals surface area contributed by atoms with Crippen LogP contribution in [-0.2, 0) is 10.0 Å². The van der Waals surface area contributed by atoms with E-state index in [2.05, 4.69) is 14.8 Å². The van der Waals surface area contributed by atoms with Crippen LogP contribution < -0.4 is 4.72 Å². The van der Waals surface area contributed by atoms with Crippen molar-refractivity contribution in [3.63, 3.8) is 0 Å². The van der Waals surface area contributed by atoms with E-state index in [9.17, 15) is 12.8 Å². The zero-order valence-electron chi connectivity index (χ0n) is 12.9. The maximum atomic E-state index is 12.9. The van der Waals surface area contributed by atoms with Crippen molar-refractivity contribution in [2.45, 2.75) is 38.5 Å². The fourth-order valence-electron chi connectivity index (χ4n) is 1.69. The van der Waals surface area contributed by atoms with Gasteiger partial charge >= 0.3 is 0 Å². The Kier molecular flexibility index (Phi) is 4.35. The Hall–Kier alpha value is -1.80. The van der Waals surface area contributed by atoms with Crippen molar-refractivity contribution in [2.75, 3.05) is 0 Å². The zero-order valence-corrected chi connectivity index (χ0v) is 13.7. The van der Waals surface area contributed by atoms with Gasteiger partial charge in [0.25, 0.3) is 0 Å². The molecular formula is C14H19FN4O2S. The van der Waals surface area contributed by atoms with E-state index in [1.165, 1.54) is 10.9 Å². The number of halogens is 1.